The van der Waals surface area contributed by atoms with Crippen LogP contribution in [0.4, 0.5) is 13.2 Å². The second kappa shape index (κ2) is 7.82. The van der Waals surface area contributed by atoms with Gasteiger partial charge in [-0.05, 0) is 54.3 Å². The topological polar surface area (TPSA) is 53.2 Å². The third-order valence-corrected chi connectivity index (χ3v) is 5.55. The van der Waals surface area contributed by atoms with Crippen LogP contribution in [0.2, 0.25) is 0 Å². The molecule has 0 fully saturated rings. The Balaban J connectivity index is 1.56. The van der Waals surface area contributed by atoms with Crippen molar-refractivity contribution in [2.45, 2.75) is 19.8 Å². The van der Waals surface area contributed by atoms with Crippen molar-refractivity contribution in [2.24, 2.45) is 0 Å². The van der Waals surface area contributed by atoms with Crippen molar-refractivity contribution in [2.75, 3.05) is 13.1 Å². The SMILES string of the molecule is Cc1c(CC(=O)N2CC=C(c3ccc(F)cc3)CC2)c(=O)[nH]c2ccc(F)c(F)c12. The first-order valence-corrected chi connectivity index (χ1v) is 9.57. The first-order chi connectivity index (χ1) is 14.3. The highest BCUT2D eigenvalue weighted by Gasteiger charge is 2.22. The van der Waals surface area contributed by atoms with Gasteiger partial charge in [-0.2, -0.15) is 0 Å². The summed E-state index contributed by atoms with van der Waals surface area (Å²) in [4.78, 5) is 29.4. The highest BCUT2D eigenvalue weighted by molar-refractivity contribution is 5.86. The van der Waals surface area contributed by atoms with E-state index in [4.69, 9.17) is 0 Å². The van der Waals surface area contributed by atoms with Crippen molar-refractivity contribution in [1.29, 1.82) is 0 Å². The Morgan fingerprint density at radius 3 is 2.50 bits per heavy atom. The van der Waals surface area contributed by atoms with Gasteiger partial charge in [0.1, 0.15) is 5.82 Å². The monoisotopic (exact) mass is 412 g/mol. The lowest BCUT2D eigenvalue weighted by atomic mass is 9.98. The standard InChI is InChI=1S/C23H19F3N2O2/c1-13-17(23(30)27-19-7-6-18(25)22(26)21(13)19)12-20(29)28-10-8-15(9-11-28)14-2-4-16(24)5-3-14/h2-8H,9-12H2,1H3,(H,27,30). The summed E-state index contributed by atoms with van der Waals surface area (Å²) in [5, 5.41) is -0.0189. The van der Waals surface area contributed by atoms with Crippen LogP contribution >= 0.6 is 0 Å². The van der Waals surface area contributed by atoms with Gasteiger partial charge in [0.25, 0.3) is 5.56 Å². The highest BCUT2D eigenvalue weighted by atomic mass is 19.2. The van der Waals surface area contributed by atoms with Crippen molar-refractivity contribution < 1.29 is 18.0 Å². The largest absolute Gasteiger partial charge is 0.338 e. The summed E-state index contributed by atoms with van der Waals surface area (Å²) in [6.45, 7) is 2.33. The molecule has 4 rings (SSSR count). The fourth-order valence-corrected chi connectivity index (χ4v) is 3.84. The van der Waals surface area contributed by atoms with Crippen LogP contribution in [0.15, 0.2) is 47.3 Å². The van der Waals surface area contributed by atoms with E-state index in [2.05, 4.69) is 4.98 Å². The van der Waals surface area contributed by atoms with Gasteiger partial charge in [-0.3, -0.25) is 9.59 Å². The minimum absolute atomic E-state index is 0.0189. The first-order valence-electron chi connectivity index (χ1n) is 9.57. The van der Waals surface area contributed by atoms with Gasteiger partial charge in [0, 0.05) is 24.0 Å². The Morgan fingerprint density at radius 2 is 1.83 bits per heavy atom. The van der Waals surface area contributed by atoms with Gasteiger partial charge in [0.15, 0.2) is 11.6 Å². The molecule has 0 unspecified atom stereocenters. The van der Waals surface area contributed by atoms with Gasteiger partial charge in [-0.1, -0.05) is 18.2 Å². The van der Waals surface area contributed by atoms with Crippen LogP contribution < -0.4 is 5.56 Å². The number of amides is 1. The molecule has 1 aliphatic rings. The number of hydrogen-bond acceptors (Lipinski definition) is 2. The smallest absolute Gasteiger partial charge is 0.252 e. The Hall–Kier alpha value is -3.35. The summed E-state index contributed by atoms with van der Waals surface area (Å²) in [5.41, 5.74) is 2.03. The van der Waals surface area contributed by atoms with Gasteiger partial charge < -0.3 is 9.88 Å². The van der Waals surface area contributed by atoms with E-state index in [1.807, 2.05) is 6.08 Å². The molecule has 4 nitrogen and oxygen atoms in total. The Kier molecular flexibility index (Phi) is 5.20. The second-order valence-corrected chi connectivity index (χ2v) is 7.34. The molecule has 0 radical (unpaired) electrons. The fraction of sp³-hybridized carbons (Fsp3) is 0.217. The number of hydrogen-bond donors (Lipinski definition) is 1. The molecule has 0 saturated heterocycles. The zero-order valence-electron chi connectivity index (χ0n) is 16.3. The van der Waals surface area contributed by atoms with E-state index in [0.717, 1.165) is 17.2 Å². The number of H-pyrrole nitrogens is 1. The number of rotatable bonds is 3. The summed E-state index contributed by atoms with van der Waals surface area (Å²) >= 11 is 0. The molecular weight excluding hydrogens is 393 g/mol. The number of halogens is 3. The Labute approximate surface area is 170 Å². The van der Waals surface area contributed by atoms with E-state index in [1.54, 1.807) is 17.0 Å². The second-order valence-electron chi connectivity index (χ2n) is 7.34. The molecule has 2 aromatic carbocycles. The molecule has 7 heteroatoms. The zero-order valence-corrected chi connectivity index (χ0v) is 16.3. The number of aryl methyl sites for hydroxylation is 1. The number of aromatic nitrogens is 1. The Bertz CT molecular complexity index is 1230. The van der Waals surface area contributed by atoms with Gasteiger partial charge in [-0.25, -0.2) is 13.2 Å². The number of carbonyl (C=O) groups is 1. The van der Waals surface area contributed by atoms with Crippen LogP contribution in [0.25, 0.3) is 16.5 Å². The zero-order chi connectivity index (χ0) is 21.4. The molecule has 30 heavy (non-hydrogen) atoms. The maximum atomic E-state index is 14.3. The summed E-state index contributed by atoms with van der Waals surface area (Å²) < 4.78 is 41.0. The predicted octanol–water partition coefficient (Wildman–Crippen LogP) is 4.11. The summed E-state index contributed by atoms with van der Waals surface area (Å²) in [6, 6.07) is 8.44. The normalized spacial score (nSPS) is 14.1. The van der Waals surface area contributed by atoms with Gasteiger partial charge in [-0.15, -0.1) is 0 Å². The molecular formula is C23H19F3N2O2. The summed E-state index contributed by atoms with van der Waals surface area (Å²) in [7, 11) is 0. The van der Waals surface area contributed by atoms with E-state index >= 15 is 0 Å². The minimum Gasteiger partial charge on any atom is -0.338 e. The minimum atomic E-state index is -1.04. The number of aromatic amines is 1. The molecule has 2 heterocycles. The first kappa shape index (κ1) is 19.9. The lowest BCUT2D eigenvalue weighted by molar-refractivity contribution is -0.130. The molecule has 0 bridgehead atoms. The molecule has 0 aliphatic carbocycles. The molecule has 1 N–H and O–H groups in total. The molecule has 1 aromatic heterocycles. The quantitative estimate of drug-likeness (QED) is 0.704. The van der Waals surface area contributed by atoms with Crippen molar-refractivity contribution in [1.82, 2.24) is 9.88 Å². The van der Waals surface area contributed by atoms with Crippen LogP contribution in [-0.2, 0) is 11.2 Å². The number of benzene rings is 2. The summed E-state index contributed by atoms with van der Waals surface area (Å²) in [6.07, 6.45) is 2.30. The molecule has 0 atom stereocenters. The molecule has 0 saturated carbocycles. The van der Waals surface area contributed by atoms with Crippen LogP contribution in [0.1, 0.15) is 23.1 Å². The van der Waals surface area contributed by atoms with E-state index in [9.17, 15) is 22.8 Å². The average molecular weight is 412 g/mol. The highest BCUT2D eigenvalue weighted by Crippen LogP contribution is 2.25. The molecule has 0 spiro atoms. The Morgan fingerprint density at radius 1 is 1.10 bits per heavy atom. The number of pyridine rings is 1. The van der Waals surface area contributed by atoms with Crippen LogP contribution in [0, 0.1) is 24.4 Å². The predicted molar refractivity (Wildman–Crippen MR) is 108 cm³/mol. The van der Waals surface area contributed by atoms with Crippen molar-refractivity contribution in [3.05, 3.63) is 87.0 Å². The van der Waals surface area contributed by atoms with E-state index < -0.39 is 17.2 Å². The van der Waals surface area contributed by atoms with E-state index in [0.29, 0.717) is 19.5 Å². The van der Waals surface area contributed by atoms with E-state index in [-0.39, 0.29) is 40.2 Å². The maximum absolute atomic E-state index is 14.3. The number of fused-ring (bicyclic) bond motifs is 1. The third-order valence-electron chi connectivity index (χ3n) is 5.55. The number of nitrogens with zero attached hydrogens (tertiary/aromatic N) is 1. The van der Waals surface area contributed by atoms with Gasteiger partial charge >= 0.3 is 0 Å². The molecule has 1 aliphatic heterocycles. The lowest BCUT2D eigenvalue weighted by Gasteiger charge is -2.27. The average Bonchev–Trinajstić information content (AvgIpc) is 2.74. The maximum Gasteiger partial charge on any atom is 0.252 e. The number of nitrogens with one attached hydrogen (secondary N) is 1. The van der Waals surface area contributed by atoms with E-state index in [1.165, 1.54) is 25.1 Å². The van der Waals surface area contributed by atoms with Crippen molar-refractivity contribution in [3.63, 3.8) is 0 Å². The van der Waals surface area contributed by atoms with Gasteiger partial charge in [0.05, 0.1) is 11.9 Å². The molecule has 154 valence electrons. The van der Waals surface area contributed by atoms with Crippen LogP contribution in [-0.4, -0.2) is 28.9 Å². The van der Waals surface area contributed by atoms with Gasteiger partial charge in [0.2, 0.25) is 5.91 Å². The molecule has 1 amide bonds. The molecule has 3 aromatic rings. The lowest BCUT2D eigenvalue weighted by Crippen LogP contribution is -2.37. The third kappa shape index (κ3) is 3.63. The fourth-order valence-electron chi connectivity index (χ4n) is 3.84. The summed E-state index contributed by atoms with van der Waals surface area (Å²) in [5.74, 6) is -2.63. The number of carbonyl (C=O) groups excluding carboxylic acids is 1. The van der Waals surface area contributed by atoms with Crippen LogP contribution in [0.5, 0.6) is 0 Å². The van der Waals surface area contributed by atoms with Crippen molar-refractivity contribution in [3.8, 4) is 0 Å². The van der Waals surface area contributed by atoms with Crippen LogP contribution in [0.3, 0.4) is 0 Å². The van der Waals surface area contributed by atoms with Crippen molar-refractivity contribution >= 4 is 22.4 Å².